The summed E-state index contributed by atoms with van der Waals surface area (Å²) in [6.45, 7) is 1.83. The van der Waals surface area contributed by atoms with Crippen LogP contribution in [0, 0.1) is 0 Å². The molecule has 92 valence electrons. The Kier molecular flexibility index (Phi) is 3.57. The normalized spacial score (nSPS) is 17.2. The van der Waals surface area contributed by atoms with Crippen molar-refractivity contribution < 1.29 is 9.59 Å². The molecule has 0 radical (unpaired) electrons. The van der Waals surface area contributed by atoms with Crippen molar-refractivity contribution in [2.24, 2.45) is 0 Å². The average molecular weight is 256 g/mol. The van der Waals surface area contributed by atoms with Gasteiger partial charge in [-0.25, -0.2) is 0 Å². The number of nitrogens with zero attached hydrogens (tertiary/aromatic N) is 4. The van der Waals surface area contributed by atoms with Gasteiger partial charge in [-0.05, 0) is 6.92 Å². The van der Waals surface area contributed by atoms with Gasteiger partial charge in [0.05, 0.1) is 17.7 Å². The van der Waals surface area contributed by atoms with Crippen LogP contribution < -0.4 is 5.32 Å². The molecule has 1 atom stereocenters. The third-order valence-corrected chi connectivity index (χ3v) is 3.23. The maximum atomic E-state index is 11.6. The Morgan fingerprint density at radius 1 is 1.71 bits per heavy atom. The molecule has 0 aliphatic carbocycles. The Labute approximate surface area is 102 Å². The third kappa shape index (κ3) is 2.93. The highest BCUT2D eigenvalue weighted by Crippen LogP contribution is 2.14. The molecular weight excluding hydrogens is 244 g/mol. The second-order valence-electron chi connectivity index (χ2n) is 3.63. The van der Waals surface area contributed by atoms with Crippen molar-refractivity contribution in [3.05, 3.63) is 5.82 Å². The summed E-state index contributed by atoms with van der Waals surface area (Å²) >= 11 is 1.51. The van der Waals surface area contributed by atoms with E-state index >= 15 is 0 Å². The number of carbonyl (C=O) groups is 2. The molecule has 2 rings (SSSR count). The van der Waals surface area contributed by atoms with Gasteiger partial charge in [-0.3, -0.25) is 9.59 Å². The van der Waals surface area contributed by atoms with Gasteiger partial charge in [0.1, 0.15) is 6.54 Å². The van der Waals surface area contributed by atoms with Crippen LogP contribution in [0.3, 0.4) is 0 Å². The highest BCUT2D eigenvalue weighted by atomic mass is 32.2. The topological polar surface area (TPSA) is 104 Å². The first-order valence-electron chi connectivity index (χ1n) is 5.05. The number of tetrazole rings is 1. The molecule has 0 saturated carbocycles. The molecule has 1 aliphatic heterocycles. The fourth-order valence-electron chi connectivity index (χ4n) is 1.42. The SMILES string of the molecule is CC(NC(=O)CN1CSCC1=O)c1nn[nH]n1. The van der Waals surface area contributed by atoms with E-state index in [-0.39, 0.29) is 24.4 Å². The number of carbonyl (C=O) groups excluding carboxylic acids is 2. The summed E-state index contributed by atoms with van der Waals surface area (Å²) in [7, 11) is 0. The van der Waals surface area contributed by atoms with Gasteiger partial charge in [0.15, 0.2) is 5.82 Å². The summed E-state index contributed by atoms with van der Waals surface area (Å²) in [4.78, 5) is 24.5. The van der Waals surface area contributed by atoms with Crippen LogP contribution in [0.1, 0.15) is 18.8 Å². The molecule has 2 amide bonds. The van der Waals surface area contributed by atoms with Gasteiger partial charge >= 0.3 is 0 Å². The lowest BCUT2D eigenvalue weighted by Gasteiger charge is -2.16. The van der Waals surface area contributed by atoms with Gasteiger partial charge in [0, 0.05) is 0 Å². The van der Waals surface area contributed by atoms with Crippen LogP contribution in [0.5, 0.6) is 0 Å². The minimum Gasteiger partial charge on any atom is -0.345 e. The lowest BCUT2D eigenvalue weighted by molar-refractivity contribution is -0.132. The summed E-state index contributed by atoms with van der Waals surface area (Å²) in [5.41, 5.74) is 0. The van der Waals surface area contributed by atoms with E-state index in [1.807, 2.05) is 0 Å². The first kappa shape index (κ1) is 11.8. The zero-order chi connectivity index (χ0) is 12.3. The summed E-state index contributed by atoms with van der Waals surface area (Å²) in [5.74, 6) is 1.22. The number of thioether (sulfide) groups is 1. The molecular formula is C8H12N6O2S. The quantitative estimate of drug-likeness (QED) is 0.709. The van der Waals surface area contributed by atoms with E-state index in [1.54, 1.807) is 6.92 Å². The van der Waals surface area contributed by atoms with Crippen LogP contribution in [0.4, 0.5) is 0 Å². The molecule has 1 unspecified atom stereocenters. The molecule has 1 fully saturated rings. The monoisotopic (exact) mass is 256 g/mol. The van der Waals surface area contributed by atoms with E-state index in [0.29, 0.717) is 17.5 Å². The molecule has 0 aromatic carbocycles. The highest BCUT2D eigenvalue weighted by molar-refractivity contribution is 8.00. The van der Waals surface area contributed by atoms with Crippen molar-refractivity contribution in [1.29, 1.82) is 0 Å². The number of rotatable bonds is 4. The molecule has 2 heterocycles. The fraction of sp³-hybridized carbons (Fsp3) is 0.625. The molecule has 0 spiro atoms. The number of aromatic nitrogens is 4. The van der Waals surface area contributed by atoms with Gasteiger partial charge in [-0.1, -0.05) is 5.21 Å². The van der Waals surface area contributed by atoms with Crippen LogP contribution in [0.15, 0.2) is 0 Å². The van der Waals surface area contributed by atoms with Gasteiger partial charge in [-0.2, -0.15) is 5.21 Å². The van der Waals surface area contributed by atoms with Crippen molar-refractivity contribution in [3.63, 3.8) is 0 Å². The fourth-order valence-corrected chi connectivity index (χ4v) is 2.32. The second kappa shape index (κ2) is 5.13. The van der Waals surface area contributed by atoms with Crippen LogP contribution in [-0.4, -0.2) is 55.5 Å². The third-order valence-electron chi connectivity index (χ3n) is 2.29. The Hall–Kier alpha value is -1.64. The lowest BCUT2D eigenvalue weighted by Crippen LogP contribution is -2.39. The minimum atomic E-state index is -0.327. The number of H-pyrrole nitrogens is 1. The highest BCUT2D eigenvalue weighted by Gasteiger charge is 2.23. The van der Waals surface area contributed by atoms with Gasteiger partial charge < -0.3 is 10.2 Å². The number of amides is 2. The van der Waals surface area contributed by atoms with Crippen molar-refractivity contribution in [2.45, 2.75) is 13.0 Å². The molecule has 1 aliphatic rings. The van der Waals surface area contributed by atoms with Gasteiger partial charge in [0.2, 0.25) is 11.8 Å². The van der Waals surface area contributed by atoms with E-state index in [0.717, 1.165) is 0 Å². The Morgan fingerprint density at radius 3 is 3.12 bits per heavy atom. The Bertz CT molecular complexity index is 408. The maximum Gasteiger partial charge on any atom is 0.240 e. The molecule has 0 bridgehead atoms. The van der Waals surface area contributed by atoms with E-state index in [2.05, 4.69) is 25.9 Å². The van der Waals surface area contributed by atoms with E-state index in [1.165, 1.54) is 16.7 Å². The average Bonchev–Trinajstić information content (AvgIpc) is 2.90. The Morgan fingerprint density at radius 2 is 2.53 bits per heavy atom. The van der Waals surface area contributed by atoms with E-state index < -0.39 is 0 Å². The van der Waals surface area contributed by atoms with Crippen molar-refractivity contribution in [3.8, 4) is 0 Å². The van der Waals surface area contributed by atoms with Crippen LogP contribution in [0.25, 0.3) is 0 Å². The van der Waals surface area contributed by atoms with Gasteiger partial charge in [0.25, 0.3) is 0 Å². The number of aromatic amines is 1. The molecule has 1 aromatic rings. The van der Waals surface area contributed by atoms with Crippen LogP contribution in [0.2, 0.25) is 0 Å². The largest absolute Gasteiger partial charge is 0.345 e. The number of hydrogen-bond donors (Lipinski definition) is 2. The van der Waals surface area contributed by atoms with Crippen molar-refractivity contribution in [1.82, 2.24) is 30.8 Å². The van der Waals surface area contributed by atoms with Crippen LogP contribution >= 0.6 is 11.8 Å². The second-order valence-corrected chi connectivity index (χ2v) is 4.58. The predicted molar refractivity (Wildman–Crippen MR) is 59.8 cm³/mol. The summed E-state index contributed by atoms with van der Waals surface area (Å²) < 4.78 is 0. The number of nitrogens with one attached hydrogen (secondary N) is 2. The van der Waals surface area contributed by atoms with Crippen molar-refractivity contribution in [2.75, 3.05) is 18.2 Å². The van der Waals surface area contributed by atoms with E-state index in [4.69, 9.17) is 0 Å². The number of hydrogen-bond acceptors (Lipinski definition) is 6. The molecule has 9 heteroatoms. The smallest absolute Gasteiger partial charge is 0.240 e. The van der Waals surface area contributed by atoms with Crippen molar-refractivity contribution >= 4 is 23.6 Å². The summed E-state index contributed by atoms with van der Waals surface area (Å²) in [5, 5.41) is 16.0. The molecule has 2 N–H and O–H groups in total. The summed E-state index contributed by atoms with van der Waals surface area (Å²) in [6, 6.07) is -0.327. The van der Waals surface area contributed by atoms with Crippen LogP contribution in [-0.2, 0) is 9.59 Å². The Balaban J connectivity index is 1.83. The van der Waals surface area contributed by atoms with Gasteiger partial charge in [-0.15, -0.1) is 22.0 Å². The zero-order valence-corrected chi connectivity index (χ0v) is 10.0. The standard InChI is InChI=1S/C8H12N6O2S/c1-5(8-10-12-13-11-8)9-6(15)2-14-4-17-3-7(14)16/h5H,2-4H2,1H3,(H,9,15)(H,10,11,12,13). The molecule has 8 nitrogen and oxygen atoms in total. The minimum absolute atomic E-state index is 0.00244. The van der Waals surface area contributed by atoms with E-state index in [9.17, 15) is 9.59 Å². The summed E-state index contributed by atoms with van der Waals surface area (Å²) in [6.07, 6.45) is 0. The molecule has 17 heavy (non-hydrogen) atoms. The predicted octanol–water partition coefficient (Wildman–Crippen LogP) is -1.09. The first-order chi connectivity index (χ1) is 8.16. The maximum absolute atomic E-state index is 11.6. The lowest BCUT2D eigenvalue weighted by atomic mass is 10.3. The molecule has 1 saturated heterocycles. The first-order valence-corrected chi connectivity index (χ1v) is 6.20. The zero-order valence-electron chi connectivity index (χ0n) is 9.21. The molecule has 1 aromatic heterocycles.